The van der Waals surface area contributed by atoms with E-state index in [1.165, 1.54) is 37.1 Å². The van der Waals surface area contributed by atoms with E-state index in [-0.39, 0.29) is 18.1 Å². The molecule has 1 aliphatic carbocycles. The number of nitrogens with zero attached hydrogens (tertiary/aromatic N) is 2. The molecule has 1 amide bonds. The maximum atomic E-state index is 12.2. The molecule has 1 aromatic heterocycles. The normalized spacial score (nSPS) is 27.5. The van der Waals surface area contributed by atoms with Gasteiger partial charge in [-0.05, 0) is 31.6 Å². The van der Waals surface area contributed by atoms with Crippen LogP contribution in [-0.2, 0) is 9.53 Å². The van der Waals surface area contributed by atoms with Crippen LogP contribution in [-0.4, -0.2) is 70.9 Å². The van der Waals surface area contributed by atoms with Crippen molar-refractivity contribution < 1.29 is 32.6 Å². The van der Waals surface area contributed by atoms with Gasteiger partial charge in [0.15, 0.2) is 0 Å². The number of nitrogens with one attached hydrogen (secondary N) is 1. The third-order valence-corrected chi connectivity index (χ3v) is 5.63. The summed E-state index contributed by atoms with van der Waals surface area (Å²) in [6.07, 6.45) is 0.130. The predicted octanol–water partition coefficient (Wildman–Crippen LogP) is 2.15. The van der Waals surface area contributed by atoms with Crippen molar-refractivity contribution in [2.45, 2.75) is 50.0 Å². The molecule has 2 aliphatic heterocycles. The number of amides is 1. The van der Waals surface area contributed by atoms with Crippen molar-refractivity contribution >= 4 is 23.2 Å². The number of fused-ring (bicyclic) bond motifs is 1. The number of carboxylic acids is 1. The summed E-state index contributed by atoms with van der Waals surface area (Å²) >= 11 is 1.45. The molecule has 3 aliphatic rings. The number of likely N-dealkylation sites (tertiary alicyclic amines) is 1. The van der Waals surface area contributed by atoms with Gasteiger partial charge in [-0.2, -0.15) is 13.2 Å². The molecule has 4 rings (SSSR count). The Labute approximate surface area is 163 Å². The Morgan fingerprint density at radius 2 is 2.07 bits per heavy atom. The van der Waals surface area contributed by atoms with E-state index in [1.807, 2.05) is 0 Å². The van der Waals surface area contributed by atoms with E-state index in [2.05, 4.69) is 15.2 Å². The van der Waals surface area contributed by atoms with E-state index in [4.69, 9.17) is 14.6 Å². The summed E-state index contributed by atoms with van der Waals surface area (Å²) in [6, 6.07) is 0.586. The van der Waals surface area contributed by atoms with Crippen LogP contribution in [0.1, 0.15) is 36.2 Å². The first kappa shape index (κ1) is 21.0. The fraction of sp³-hybridized carbons (Fsp3) is 0.706. The van der Waals surface area contributed by atoms with Gasteiger partial charge < -0.3 is 15.2 Å². The zero-order chi connectivity index (χ0) is 20.3. The molecular formula is C17H22F3N3O4S. The number of hydrogen-bond acceptors (Lipinski definition) is 6. The topological polar surface area (TPSA) is 91.8 Å². The van der Waals surface area contributed by atoms with E-state index in [1.54, 1.807) is 10.9 Å². The summed E-state index contributed by atoms with van der Waals surface area (Å²) < 4.78 is 37.7. The zero-order valence-corrected chi connectivity index (χ0v) is 15.8. The number of aliphatic carboxylic acids is 1. The highest BCUT2D eigenvalue weighted by Gasteiger charge is 2.45. The van der Waals surface area contributed by atoms with Crippen molar-refractivity contribution in [3.8, 4) is 0 Å². The van der Waals surface area contributed by atoms with Gasteiger partial charge in [-0.25, -0.2) is 9.78 Å². The Kier molecular flexibility index (Phi) is 6.56. The molecular weight excluding hydrogens is 399 g/mol. The number of halogens is 3. The highest BCUT2D eigenvalue weighted by Crippen LogP contribution is 2.35. The molecule has 3 fully saturated rings. The van der Waals surface area contributed by atoms with Crippen LogP contribution in [0.3, 0.4) is 0 Å². The SMILES string of the molecule is O=C(N[C@@H]1CN(CC2CC2)[C@@H]2CCCO[C@@H]21)c1cscn1.O=C(O)C(F)(F)F. The van der Waals surface area contributed by atoms with Gasteiger partial charge in [0.2, 0.25) is 0 Å². The fourth-order valence-corrected chi connectivity index (χ4v) is 4.12. The standard InChI is InChI=1S/C15H21N3O2S.C2HF3O2/c19-15(12-8-21-9-16-12)17-11-7-18(6-10-3-4-10)13-2-1-5-20-14(11)13;3-2(4,5)1(6)7/h8-11,13-14H,1-7H2,(H,17,19);(H,6,7)/t11-,13-,14-;/m1./s1. The van der Waals surface area contributed by atoms with Crippen molar-refractivity contribution in [2.24, 2.45) is 5.92 Å². The number of rotatable bonds is 4. The van der Waals surface area contributed by atoms with Gasteiger partial charge in [-0.15, -0.1) is 11.3 Å². The van der Waals surface area contributed by atoms with Crippen LogP contribution >= 0.6 is 11.3 Å². The minimum absolute atomic E-state index is 0.0672. The molecule has 156 valence electrons. The smallest absolute Gasteiger partial charge is 0.475 e. The Hall–Kier alpha value is -1.72. The van der Waals surface area contributed by atoms with Gasteiger partial charge in [0.1, 0.15) is 5.69 Å². The van der Waals surface area contributed by atoms with Crippen LogP contribution < -0.4 is 5.32 Å². The summed E-state index contributed by atoms with van der Waals surface area (Å²) in [6.45, 7) is 2.91. The first-order valence-electron chi connectivity index (χ1n) is 9.10. The number of alkyl halides is 3. The van der Waals surface area contributed by atoms with E-state index in [0.717, 1.165) is 25.5 Å². The van der Waals surface area contributed by atoms with Gasteiger partial charge in [0.25, 0.3) is 5.91 Å². The van der Waals surface area contributed by atoms with Gasteiger partial charge in [0.05, 0.1) is 17.7 Å². The second kappa shape index (κ2) is 8.75. The van der Waals surface area contributed by atoms with Crippen LogP contribution in [0.25, 0.3) is 0 Å². The predicted molar refractivity (Wildman–Crippen MR) is 94.1 cm³/mol. The summed E-state index contributed by atoms with van der Waals surface area (Å²) in [7, 11) is 0. The molecule has 3 heterocycles. The largest absolute Gasteiger partial charge is 0.490 e. The molecule has 0 spiro atoms. The van der Waals surface area contributed by atoms with Crippen molar-refractivity contribution in [3.63, 3.8) is 0 Å². The van der Waals surface area contributed by atoms with Crippen LogP contribution in [0, 0.1) is 5.92 Å². The van der Waals surface area contributed by atoms with E-state index in [9.17, 15) is 18.0 Å². The van der Waals surface area contributed by atoms with Crippen molar-refractivity contribution in [1.82, 2.24) is 15.2 Å². The number of aromatic nitrogens is 1. The summed E-state index contributed by atoms with van der Waals surface area (Å²) in [5.41, 5.74) is 2.22. The van der Waals surface area contributed by atoms with E-state index in [0.29, 0.717) is 11.7 Å². The van der Waals surface area contributed by atoms with Gasteiger partial charge in [0, 0.05) is 31.1 Å². The quantitative estimate of drug-likeness (QED) is 0.774. The molecule has 11 heteroatoms. The van der Waals surface area contributed by atoms with Crippen LogP contribution in [0.15, 0.2) is 10.9 Å². The fourth-order valence-electron chi connectivity index (χ4n) is 3.59. The highest BCUT2D eigenvalue weighted by atomic mass is 32.1. The average Bonchev–Trinajstić information content (AvgIpc) is 3.16. The number of ether oxygens (including phenoxy) is 1. The molecule has 1 saturated carbocycles. The molecule has 0 radical (unpaired) electrons. The lowest BCUT2D eigenvalue weighted by Gasteiger charge is -2.32. The van der Waals surface area contributed by atoms with Crippen LogP contribution in [0.4, 0.5) is 13.2 Å². The third kappa shape index (κ3) is 5.42. The molecule has 2 N–H and O–H groups in total. The molecule has 7 nitrogen and oxygen atoms in total. The summed E-state index contributed by atoms with van der Waals surface area (Å²) in [4.78, 5) is 27.8. The maximum absolute atomic E-state index is 12.2. The molecule has 3 atom stereocenters. The van der Waals surface area contributed by atoms with Crippen molar-refractivity contribution in [2.75, 3.05) is 19.7 Å². The summed E-state index contributed by atoms with van der Waals surface area (Å²) in [5, 5.41) is 12.1. The monoisotopic (exact) mass is 421 g/mol. The first-order valence-corrected chi connectivity index (χ1v) is 10.0. The maximum Gasteiger partial charge on any atom is 0.490 e. The minimum Gasteiger partial charge on any atom is -0.475 e. The number of carbonyl (C=O) groups is 2. The Balaban J connectivity index is 0.000000279. The first-order chi connectivity index (χ1) is 13.3. The molecule has 0 bridgehead atoms. The number of carboxylic acid groups (broad SMARTS) is 1. The van der Waals surface area contributed by atoms with Gasteiger partial charge >= 0.3 is 12.1 Å². The van der Waals surface area contributed by atoms with E-state index < -0.39 is 12.1 Å². The average molecular weight is 421 g/mol. The molecule has 0 unspecified atom stereocenters. The lowest BCUT2D eigenvalue weighted by atomic mass is 10.0. The van der Waals surface area contributed by atoms with Crippen LogP contribution in [0.5, 0.6) is 0 Å². The van der Waals surface area contributed by atoms with Gasteiger partial charge in [-0.3, -0.25) is 9.69 Å². The van der Waals surface area contributed by atoms with Crippen molar-refractivity contribution in [1.29, 1.82) is 0 Å². The zero-order valence-electron chi connectivity index (χ0n) is 15.0. The third-order valence-electron chi connectivity index (χ3n) is 5.04. The molecule has 1 aromatic rings. The lowest BCUT2D eigenvalue weighted by Crippen LogP contribution is -2.47. The Morgan fingerprint density at radius 3 is 2.64 bits per heavy atom. The van der Waals surface area contributed by atoms with E-state index >= 15 is 0 Å². The Bertz CT molecular complexity index is 682. The number of carbonyl (C=O) groups excluding carboxylic acids is 1. The number of thiazole rings is 1. The van der Waals surface area contributed by atoms with Gasteiger partial charge in [-0.1, -0.05) is 0 Å². The molecule has 2 saturated heterocycles. The lowest BCUT2D eigenvalue weighted by molar-refractivity contribution is -0.192. The molecule has 28 heavy (non-hydrogen) atoms. The van der Waals surface area contributed by atoms with Crippen molar-refractivity contribution in [3.05, 3.63) is 16.6 Å². The second-order valence-corrected chi connectivity index (χ2v) is 7.92. The minimum atomic E-state index is -5.08. The number of hydrogen-bond donors (Lipinski definition) is 2. The molecule has 0 aromatic carbocycles. The highest BCUT2D eigenvalue weighted by molar-refractivity contribution is 7.07. The van der Waals surface area contributed by atoms with Crippen LogP contribution in [0.2, 0.25) is 0 Å². The summed E-state index contributed by atoms with van der Waals surface area (Å²) in [5.74, 6) is -1.95. The second-order valence-electron chi connectivity index (χ2n) is 7.20. The Morgan fingerprint density at radius 1 is 1.36 bits per heavy atom.